The van der Waals surface area contributed by atoms with E-state index in [2.05, 4.69) is 31.3 Å². The fraction of sp³-hybridized carbons (Fsp3) is 0.588. The van der Waals surface area contributed by atoms with E-state index < -0.39 is 0 Å². The summed E-state index contributed by atoms with van der Waals surface area (Å²) in [7, 11) is 0. The van der Waals surface area contributed by atoms with Gasteiger partial charge in [0.1, 0.15) is 6.17 Å². The Kier molecular flexibility index (Phi) is 4.27. The first-order chi connectivity index (χ1) is 10.2. The van der Waals surface area contributed by atoms with Crippen LogP contribution in [0.2, 0.25) is 0 Å². The zero-order valence-electron chi connectivity index (χ0n) is 12.8. The van der Waals surface area contributed by atoms with Crippen LogP contribution in [-0.4, -0.2) is 36.6 Å². The molecule has 2 heterocycles. The number of ether oxygens (including phenoxy) is 1. The van der Waals surface area contributed by atoms with E-state index in [9.17, 15) is 4.79 Å². The van der Waals surface area contributed by atoms with Gasteiger partial charge in [0.05, 0.1) is 12.6 Å². The first-order valence-corrected chi connectivity index (χ1v) is 7.90. The van der Waals surface area contributed by atoms with E-state index in [-0.39, 0.29) is 18.1 Å². The molecule has 0 radical (unpaired) electrons. The van der Waals surface area contributed by atoms with Gasteiger partial charge < -0.3 is 9.64 Å². The van der Waals surface area contributed by atoms with Gasteiger partial charge in [0, 0.05) is 19.1 Å². The van der Waals surface area contributed by atoms with Crippen molar-refractivity contribution in [1.82, 2.24) is 10.2 Å². The molecule has 4 heteroatoms. The summed E-state index contributed by atoms with van der Waals surface area (Å²) >= 11 is 0. The number of rotatable bonds is 4. The Balaban J connectivity index is 1.85. The van der Waals surface area contributed by atoms with Crippen molar-refractivity contribution in [3.05, 3.63) is 35.4 Å². The van der Waals surface area contributed by atoms with Gasteiger partial charge in [0.2, 0.25) is 5.91 Å². The average molecular weight is 288 g/mol. The first-order valence-electron chi connectivity index (χ1n) is 7.90. The summed E-state index contributed by atoms with van der Waals surface area (Å²) in [5.74, 6) is 0.704. The van der Waals surface area contributed by atoms with Gasteiger partial charge in [-0.1, -0.05) is 31.2 Å². The van der Waals surface area contributed by atoms with Crippen molar-refractivity contribution in [2.45, 2.75) is 38.9 Å². The van der Waals surface area contributed by atoms with Crippen LogP contribution in [0.1, 0.15) is 37.1 Å². The van der Waals surface area contributed by atoms with Crippen molar-refractivity contribution in [2.75, 3.05) is 19.8 Å². The monoisotopic (exact) mass is 288 g/mol. The standard InChI is InChI=1S/C17H24N2O2/c1-3-15-17(20)19(10-13-8-9-21-11-13)16(18-15)14-7-5-4-6-12(14)2/h4-7,13,15-16,18H,3,8-11H2,1-2H3. The van der Waals surface area contributed by atoms with E-state index in [1.54, 1.807) is 0 Å². The molecule has 1 amide bonds. The third kappa shape index (κ3) is 2.83. The second kappa shape index (κ2) is 6.16. The van der Waals surface area contributed by atoms with Gasteiger partial charge in [0.15, 0.2) is 0 Å². The molecule has 1 aromatic rings. The molecule has 0 spiro atoms. The molecule has 1 N–H and O–H groups in total. The molecule has 3 unspecified atom stereocenters. The summed E-state index contributed by atoms with van der Waals surface area (Å²) in [6.07, 6.45) is 1.89. The van der Waals surface area contributed by atoms with Crippen molar-refractivity contribution in [1.29, 1.82) is 0 Å². The number of carbonyl (C=O) groups excluding carboxylic acids is 1. The number of carbonyl (C=O) groups is 1. The van der Waals surface area contributed by atoms with Crippen LogP contribution in [0.3, 0.4) is 0 Å². The van der Waals surface area contributed by atoms with E-state index in [0.29, 0.717) is 5.92 Å². The maximum atomic E-state index is 12.6. The lowest BCUT2D eigenvalue weighted by Gasteiger charge is -2.27. The highest BCUT2D eigenvalue weighted by molar-refractivity contribution is 5.84. The smallest absolute Gasteiger partial charge is 0.241 e. The van der Waals surface area contributed by atoms with Crippen molar-refractivity contribution in [3.8, 4) is 0 Å². The SMILES string of the molecule is CCC1NC(c2ccccc2C)N(CC2CCOC2)C1=O. The largest absolute Gasteiger partial charge is 0.381 e. The van der Waals surface area contributed by atoms with Crippen molar-refractivity contribution in [2.24, 2.45) is 5.92 Å². The Hall–Kier alpha value is -1.39. The number of aryl methyl sites for hydroxylation is 1. The van der Waals surface area contributed by atoms with E-state index in [1.807, 2.05) is 17.0 Å². The van der Waals surface area contributed by atoms with Crippen LogP contribution in [0.15, 0.2) is 24.3 Å². The topological polar surface area (TPSA) is 41.6 Å². The van der Waals surface area contributed by atoms with Crippen molar-refractivity contribution in [3.63, 3.8) is 0 Å². The van der Waals surface area contributed by atoms with Gasteiger partial charge in [0.25, 0.3) is 0 Å². The normalized spacial score (nSPS) is 29.3. The van der Waals surface area contributed by atoms with Crippen molar-refractivity contribution < 1.29 is 9.53 Å². The summed E-state index contributed by atoms with van der Waals surface area (Å²) in [4.78, 5) is 14.7. The third-order valence-electron chi connectivity index (χ3n) is 4.62. The third-order valence-corrected chi connectivity index (χ3v) is 4.62. The zero-order chi connectivity index (χ0) is 14.8. The molecule has 3 rings (SSSR count). The molecule has 21 heavy (non-hydrogen) atoms. The number of benzene rings is 1. The quantitative estimate of drug-likeness (QED) is 0.924. The summed E-state index contributed by atoms with van der Waals surface area (Å²) in [6.45, 7) is 6.57. The molecule has 114 valence electrons. The Bertz CT molecular complexity index is 511. The summed E-state index contributed by atoms with van der Waals surface area (Å²) in [5, 5.41) is 3.51. The number of hydrogen-bond acceptors (Lipinski definition) is 3. The van der Waals surface area contributed by atoms with Crippen molar-refractivity contribution >= 4 is 5.91 Å². The summed E-state index contributed by atoms with van der Waals surface area (Å²) in [5.41, 5.74) is 2.44. The van der Waals surface area contributed by atoms with Gasteiger partial charge in [-0.3, -0.25) is 10.1 Å². The van der Waals surface area contributed by atoms with Crippen LogP contribution in [0.4, 0.5) is 0 Å². The second-order valence-corrected chi connectivity index (χ2v) is 6.11. The molecule has 1 aromatic carbocycles. The number of nitrogens with one attached hydrogen (secondary N) is 1. The van der Waals surface area contributed by atoms with Gasteiger partial charge in [-0.25, -0.2) is 0 Å². The fourth-order valence-electron chi connectivity index (χ4n) is 3.32. The highest BCUT2D eigenvalue weighted by Crippen LogP contribution is 2.30. The number of amides is 1. The van der Waals surface area contributed by atoms with E-state index >= 15 is 0 Å². The molecule has 0 aromatic heterocycles. The minimum Gasteiger partial charge on any atom is -0.381 e. The average Bonchev–Trinajstić information content (AvgIpc) is 3.10. The molecule has 0 saturated carbocycles. The highest BCUT2D eigenvalue weighted by atomic mass is 16.5. The molecule has 2 aliphatic heterocycles. The van der Waals surface area contributed by atoms with Crippen LogP contribution in [0.5, 0.6) is 0 Å². The molecular weight excluding hydrogens is 264 g/mol. The molecule has 0 bridgehead atoms. The molecule has 4 nitrogen and oxygen atoms in total. The molecule has 2 aliphatic rings. The predicted molar refractivity (Wildman–Crippen MR) is 81.8 cm³/mol. The minimum absolute atomic E-state index is 0.00394. The zero-order valence-corrected chi connectivity index (χ0v) is 12.8. The van der Waals surface area contributed by atoms with Crippen LogP contribution in [-0.2, 0) is 9.53 Å². The lowest BCUT2D eigenvalue weighted by molar-refractivity contribution is -0.130. The summed E-state index contributed by atoms with van der Waals surface area (Å²) < 4.78 is 5.46. The molecule has 2 saturated heterocycles. The van der Waals surface area contributed by atoms with Gasteiger partial charge in [-0.15, -0.1) is 0 Å². The maximum absolute atomic E-state index is 12.6. The van der Waals surface area contributed by atoms with E-state index in [0.717, 1.165) is 32.6 Å². The van der Waals surface area contributed by atoms with Crippen LogP contribution >= 0.6 is 0 Å². The minimum atomic E-state index is -0.0584. The summed E-state index contributed by atoms with van der Waals surface area (Å²) in [6, 6.07) is 8.26. The Morgan fingerprint density at radius 2 is 2.19 bits per heavy atom. The lowest BCUT2D eigenvalue weighted by Crippen LogP contribution is -2.35. The Labute approximate surface area is 126 Å². The molecule has 2 fully saturated rings. The molecule has 0 aliphatic carbocycles. The van der Waals surface area contributed by atoms with E-state index in [4.69, 9.17) is 4.74 Å². The number of hydrogen-bond donors (Lipinski definition) is 1. The Morgan fingerprint density at radius 1 is 1.38 bits per heavy atom. The second-order valence-electron chi connectivity index (χ2n) is 6.11. The van der Waals surface area contributed by atoms with Gasteiger partial charge >= 0.3 is 0 Å². The first kappa shape index (κ1) is 14.5. The van der Waals surface area contributed by atoms with Crippen LogP contribution in [0.25, 0.3) is 0 Å². The van der Waals surface area contributed by atoms with E-state index in [1.165, 1.54) is 11.1 Å². The maximum Gasteiger partial charge on any atom is 0.241 e. The predicted octanol–water partition coefficient (Wildman–Crippen LogP) is 2.24. The number of nitrogens with zero attached hydrogens (tertiary/aromatic N) is 1. The Morgan fingerprint density at radius 3 is 2.86 bits per heavy atom. The molecular formula is C17H24N2O2. The highest BCUT2D eigenvalue weighted by Gasteiger charge is 2.40. The van der Waals surface area contributed by atoms with Crippen LogP contribution < -0.4 is 5.32 Å². The molecule has 3 atom stereocenters. The van der Waals surface area contributed by atoms with Crippen LogP contribution in [0, 0.1) is 12.8 Å². The van der Waals surface area contributed by atoms with Gasteiger partial charge in [-0.05, 0) is 30.9 Å². The lowest BCUT2D eigenvalue weighted by atomic mass is 10.0. The van der Waals surface area contributed by atoms with Gasteiger partial charge in [-0.2, -0.15) is 0 Å². The fourth-order valence-corrected chi connectivity index (χ4v) is 3.32.